The maximum Gasteiger partial charge on any atom is 0.188 e. The van der Waals surface area contributed by atoms with E-state index in [0.717, 1.165) is 30.5 Å². The molecule has 0 bridgehead atoms. The highest BCUT2D eigenvalue weighted by Gasteiger charge is 1.94. The summed E-state index contributed by atoms with van der Waals surface area (Å²) in [6.45, 7) is 5.63. The van der Waals surface area contributed by atoms with E-state index in [9.17, 15) is 0 Å². The standard InChI is InChI=1S/C12H20N4.HI/c1-3-4-5-15-12(13)16-9-11-6-10(2)7-14-8-11;/h6-8H,3-5,9H2,1-2H3,(H3,13,15,16);1H. The smallest absolute Gasteiger partial charge is 0.188 e. The Kier molecular flexibility index (Phi) is 8.75. The highest BCUT2D eigenvalue weighted by Crippen LogP contribution is 2.02. The second-order valence-electron chi connectivity index (χ2n) is 3.85. The number of pyridine rings is 1. The minimum absolute atomic E-state index is 0. The summed E-state index contributed by atoms with van der Waals surface area (Å²) in [7, 11) is 0. The molecule has 0 saturated carbocycles. The maximum absolute atomic E-state index is 5.72. The quantitative estimate of drug-likeness (QED) is 0.371. The molecule has 4 nitrogen and oxygen atoms in total. The van der Waals surface area contributed by atoms with Crippen LogP contribution in [0.5, 0.6) is 0 Å². The largest absolute Gasteiger partial charge is 0.370 e. The molecule has 1 aromatic rings. The molecule has 0 spiro atoms. The highest BCUT2D eigenvalue weighted by atomic mass is 127. The number of hydrogen-bond donors (Lipinski definition) is 2. The lowest BCUT2D eigenvalue weighted by Gasteiger charge is -2.04. The van der Waals surface area contributed by atoms with E-state index < -0.39 is 0 Å². The molecule has 0 aliphatic rings. The van der Waals surface area contributed by atoms with Crippen molar-refractivity contribution in [2.75, 3.05) is 6.54 Å². The van der Waals surface area contributed by atoms with Gasteiger partial charge in [-0.05, 0) is 24.5 Å². The number of nitrogens with zero attached hydrogens (tertiary/aromatic N) is 2. The maximum atomic E-state index is 5.72. The van der Waals surface area contributed by atoms with Gasteiger partial charge in [0.25, 0.3) is 0 Å². The number of nitrogens with two attached hydrogens (primary N) is 1. The summed E-state index contributed by atoms with van der Waals surface area (Å²) < 4.78 is 0. The van der Waals surface area contributed by atoms with Crippen LogP contribution in [0.2, 0.25) is 0 Å². The van der Waals surface area contributed by atoms with E-state index in [-0.39, 0.29) is 24.0 Å². The third-order valence-electron chi connectivity index (χ3n) is 2.20. The average molecular weight is 348 g/mol. The fourth-order valence-corrected chi connectivity index (χ4v) is 1.33. The Morgan fingerprint density at radius 2 is 2.24 bits per heavy atom. The van der Waals surface area contributed by atoms with Crippen LogP contribution in [0.3, 0.4) is 0 Å². The normalized spacial score (nSPS) is 10.8. The molecule has 1 aromatic heterocycles. The topological polar surface area (TPSA) is 63.3 Å². The summed E-state index contributed by atoms with van der Waals surface area (Å²) in [4.78, 5) is 8.36. The summed E-state index contributed by atoms with van der Waals surface area (Å²) in [5.74, 6) is 0.509. The van der Waals surface area contributed by atoms with Crippen LogP contribution in [0.1, 0.15) is 30.9 Å². The molecule has 3 N–H and O–H groups in total. The Labute approximate surface area is 120 Å². The Morgan fingerprint density at radius 3 is 2.88 bits per heavy atom. The van der Waals surface area contributed by atoms with Crippen LogP contribution in [-0.2, 0) is 6.54 Å². The Balaban J connectivity index is 0.00000256. The first-order valence-corrected chi connectivity index (χ1v) is 5.66. The predicted molar refractivity (Wildman–Crippen MR) is 82.6 cm³/mol. The molecule has 1 heterocycles. The van der Waals surface area contributed by atoms with Gasteiger partial charge in [-0.2, -0.15) is 0 Å². The van der Waals surface area contributed by atoms with Crippen LogP contribution in [0.4, 0.5) is 0 Å². The van der Waals surface area contributed by atoms with Crippen LogP contribution in [0.15, 0.2) is 23.5 Å². The van der Waals surface area contributed by atoms with Crippen molar-refractivity contribution < 1.29 is 0 Å². The first-order valence-electron chi connectivity index (χ1n) is 5.66. The van der Waals surface area contributed by atoms with E-state index >= 15 is 0 Å². The van der Waals surface area contributed by atoms with Gasteiger partial charge in [-0.3, -0.25) is 4.98 Å². The molecule has 0 aliphatic carbocycles. The van der Waals surface area contributed by atoms with Crippen LogP contribution in [0.25, 0.3) is 0 Å². The van der Waals surface area contributed by atoms with Crippen LogP contribution in [-0.4, -0.2) is 17.5 Å². The molecule has 0 atom stereocenters. The van der Waals surface area contributed by atoms with E-state index in [0.29, 0.717) is 12.5 Å². The van der Waals surface area contributed by atoms with Crippen LogP contribution < -0.4 is 11.1 Å². The van der Waals surface area contributed by atoms with Crippen molar-refractivity contribution in [3.63, 3.8) is 0 Å². The van der Waals surface area contributed by atoms with Gasteiger partial charge < -0.3 is 11.1 Å². The number of nitrogens with one attached hydrogen (secondary N) is 1. The molecule has 0 amide bonds. The van der Waals surface area contributed by atoms with Crippen molar-refractivity contribution in [3.8, 4) is 0 Å². The van der Waals surface area contributed by atoms with E-state index in [4.69, 9.17) is 5.73 Å². The van der Waals surface area contributed by atoms with Gasteiger partial charge in [0.2, 0.25) is 0 Å². The summed E-state index contributed by atoms with van der Waals surface area (Å²) in [6.07, 6.45) is 5.91. The summed E-state index contributed by atoms with van der Waals surface area (Å²) in [5, 5.41) is 3.08. The fraction of sp³-hybridized carbons (Fsp3) is 0.500. The molecule has 96 valence electrons. The van der Waals surface area contributed by atoms with Crippen molar-refractivity contribution in [3.05, 3.63) is 29.6 Å². The zero-order valence-corrected chi connectivity index (χ0v) is 12.8. The molecule has 0 fully saturated rings. The van der Waals surface area contributed by atoms with Gasteiger partial charge in [-0.1, -0.05) is 19.4 Å². The molecule has 0 saturated heterocycles. The minimum Gasteiger partial charge on any atom is -0.370 e. The van der Waals surface area contributed by atoms with Crippen molar-refractivity contribution in [2.45, 2.75) is 33.2 Å². The van der Waals surface area contributed by atoms with Gasteiger partial charge in [0.1, 0.15) is 0 Å². The fourth-order valence-electron chi connectivity index (χ4n) is 1.33. The van der Waals surface area contributed by atoms with Crippen molar-refractivity contribution >= 4 is 29.9 Å². The predicted octanol–water partition coefficient (Wildman–Crippen LogP) is 2.21. The lowest BCUT2D eigenvalue weighted by Crippen LogP contribution is -2.32. The number of guanidine groups is 1. The first-order chi connectivity index (χ1) is 7.72. The second kappa shape index (κ2) is 9.21. The molecular weight excluding hydrogens is 327 g/mol. The molecule has 0 unspecified atom stereocenters. The van der Waals surface area contributed by atoms with Crippen molar-refractivity contribution in [1.29, 1.82) is 0 Å². The number of aliphatic imine (C=N–C) groups is 1. The summed E-state index contributed by atoms with van der Waals surface area (Å²) in [6, 6.07) is 2.07. The van der Waals surface area contributed by atoms with Crippen LogP contribution >= 0.6 is 24.0 Å². The molecule has 0 radical (unpaired) electrons. The molecular formula is C12H21IN4. The molecule has 0 aromatic carbocycles. The third kappa shape index (κ3) is 7.14. The lowest BCUT2D eigenvalue weighted by atomic mass is 10.2. The second-order valence-corrected chi connectivity index (χ2v) is 3.85. The zero-order chi connectivity index (χ0) is 11.8. The molecule has 17 heavy (non-hydrogen) atoms. The third-order valence-corrected chi connectivity index (χ3v) is 2.20. The van der Waals surface area contributed by atoms with Gasteiger partial charge in [0, 0.05) is 18.9 Å². The van der Waals surface area contributed by atoms with E-state index in [1.54, 1.807) is 0 Å². The molecule has 1 rings (SSSR count). The van der Waals surface area contributed by atoms with Crippen molar-refractivity contribution in [2.24, 2.45) is 10.7 Å². The Bertz CT molecular complexity index is 352. The van der Waals surface area contributed by atoms with Crippen molar-refractivity contribution in [1.82, 2.24) is 10.3 Å². The Morgan fingerprint density at radius 1 is 1.47 bits per heavy atom. The number of aryl methyl sites for hydroxylation is 1. The van der Waals surface area contributed by atoms with E-state index in [1.807, 2.05) is 19.3 Å². The number of unbranched alkanes of at least 4 members (excludes halogenated alkanes) is 1. The molecule has 0 aliphatic heterocycles. The van der Waals surface area contributed by atoms with E-state index in [1.165, 1.54) is 0 Å². The van der Waals surface area contributed by atoms with Gasteiger partial charge in [0.15, 0.2) is 5.96 Å². The van der Waals surface area contributed by atoms with Gasteiger partial charge in [0.05, 0.1) is 6.54 Å². The highest BCUT2D eigenvalue weighted by molar-refractivity contribution is 14.0. The molecule has 5 heteroatoms. The van der Waals surface area contributed by atoms with Gasteiger partial charge >= 0.3 is 0 Å². The lowest BCUT2D eigenvalue weighted by molar-refractivity contribution is 0.748. The monoisotopic (exact) mass is 348 g/mol. The van der Waals surface area contributed by atoms with E-state index in [2.05, 4.69) is 28.3 Å². The van der Waals surface area contributed by atoms with Gasteiger partial charge in [-0.25, -0.2) is 4.99 Å². The number of hydrogen-bond acceptors (Lipinski definition) is 2. The SMILES string of the molecule is CCCCNC(N)=NCc1cncc(C)c1.I. The number of aromatic nitrogens is 1. The number of halogens is 1. The number of rotatable bonds is 5. The zero-order valence-electron chi connectivity index (χ0n) is 10.4. The Hall–Kier alpha value is -0.850. The average Bonchev–Trinajstić information content (AvgIpc) is 2.27. The van der Waals surface area contributed by atoms with Crippen LogP contribution in [0, 0.1) is 6.92 Å². The van der Waals surface area contributed by atoms with Gasteiger partial charge in [-0.15, -0.1) is 24.0 Å². The first kappa shape index (κ1) is 16.1. The summed E-state index contributed by atoms with van der Waals surface area (Å²) in [5.41, 5.74) is 7.95. The minimum atomic E-state index is 0. The summed E-state index contributed by atoms with van der Waals surface area (Å²) >= 11 is 0.